The van der Waals surface area contributed by atoms with E-state index in [4.69, 9.17) is 9.94 Å². The number of thioether (sulfide) groups is 2. The second-order valence-electron chi connectivity index (χ2n) is 8.06. The average Bonchev–Trinajstić information content (AvgIpc) is 3.60. The number of carbonyl (C=O) groups is 5. The fourth-order valence-electron chi connectivity index (χ4n) is 3.66. The largest absolute Gasteiger partial charge is 0.481 e. The van der Waals surface area contributed by atoms with E-state index in [0.717, 1.165) is 28.0 Å². The van der Waals surface area contributed by atoms with E-state index in [-0.39, 0.29) is 53.3 Å². The molecule has 216 valence electrons. The predicted octanol–water partition coefficient (Wildman–Crippen LogP) is -0.390. The molecule has 1 unspecified atom stereocenters. The number of tetrazole rings is 1. The maximum atomic E-state index is 13.1. The second kappa shape index (κ2) is 13.4. The monoisotopic (exact) mass is 623 g/mol. The van der Waals surface area contributed by atoms with Gasteiger partial charge in [-0.1, -0.05) is 29.6 Å². The summed E-state index contributed by atoms with van der Waals surface area (Å²) in [6, 6.07) is -1.05. The van der Waals surface area contributed by atoms with Gasteiger partial charge in [-0.15, -0.1) is 28.2 Å². The number of carboxylic acids is 2. The fourth-order valence-corrected chi connectivity index (χ4v) is 6.70. The summed E-state index contributed by atoms with van der Waals surface area (Å²) in [5.74, 6) is -3.38. The summed E-state index contributed by atoms with van der Waals surface area (Å²) in [4.78, 5) is 70.3. The summed E-state index contributed by atoms with van der Waals surface area (Å²) in [6.07, 6.45) is 1.65. The maximum Gasteiger partial charge on any atom is 0.352 e. The van der Waals surface area contributed by atoms with Crippen molar-refractivity contribution < 1.29 is 39.0 Å². The third kappa shape index (κ3) is 6.72. The quantitative estimate of drug-likeness (QED) is 0.0377. The first-order valence-electron chi connectivity index (χ1n) is 11.5. The molecule has 4 N–H and O–H groups in total. The van der Waals surface area contributed by atoms with E-state index in [9.17, 15) is 29.1 Å². The van der Waals surface area contributed by atoms with Gasteiger partial charge in [0.1, 0.15) is 29.4 Å². The standard InChI is InChI=1S/C21H21N9O8S3/c1-2-5-38-26-13(11-8-40-20(23-11)22-9-31)16(34)24-14-17(35)30-15(19(36)37)10(6-39-18(14)30)7-41-21-25-27-28-29(21)4-3-12(32)33/h2,8-9,14,18H,1,3-7H2,(H,24,34)(H,32,33)(H,36,37)(H,22,23,31)/t14?,18-/m1/s1. The van der Waals surface area contributed by atoms with Gasteiger partial charge < -0.3 is 25.7 Å². The summed E-state index contributed by atoms with van der Waals surface area (Å²) < 4.78 is 1.30. The minimum atomic E-state index is -1.31. The normalized spacial score (nSPS) is 18.3. The Kier molecular flexibility index (Phi) is 9.68. The first kappa shape index (κ1) is 29.7. The van der Waals surface area contributed by atoms with E-state index in [2.05, 4.69) is 42.9 Å². The fraction of sp³-hybridized carbons (Fsp3) is 0.333. The molecule has 20 heteroatoms. The lowest BCUT2D eigenvalue weighted by molar-refractivity contribution is -0.150. The van der Waals surface area contributed by atoms with Gasteiger partial charge in [-0.3, -0.25) is 24.1 Å². The lowest BCUT2D eigenvalue weighted by Gasteiger charge is -2.49. The van der Waals surface area contributed by atoms with Gasteiger partial charge >= 0.3 is 11.9 Å². The molecule has 2 atom stereocenters. The Bertz CT molecular complexity index is 1440. The highest BCUT2D eigenvalue weighted by molar-refractivity contribution is 8.01. The van der Waals surface area contributed by atoms with Crippen LogP contribution in [0.2, 0.25) is 0 Å². The Morgan fingerprint density at radius 1 is 1.34 bits per heavy atom. The number of hydrogen-bond acceptors (Lipinski definition) is 14. The molecule has 2 aromatic heterocycles. The number of rotatable bonds is 15. The number of nitrogens with one attached hydrogen (secondary N) is 2. The third-order valence-corrected chi connectivity index (χ3v) is 8.60. The molecule has 2 aromatic rings. The first-order chi connectivity index (χ1) is 19.7. The van der Waals surface area contributed by atoms with Crippen LogP contribution in [0.1, 0.15) is 12.1 Å². The number of oxime groups is 1. The van der Waals surface area contributed by atoms with Crippen molar-refractivity contribution in [2.75, 3.05) is 23.4 Å². The van der Waals surface area contributed by atoms with Crippen LogP contribution in [0.5, 0.6) is 0 Å². The van der Waals surface area contributed by atoms with Crippen LogP contribution in [0, 0.1) is 0 Å². The van der Waals surface area contributed by atoms with Gasteiger partial charge in [-0.05, 0) is 16.0 Å². The molecule has 2 aliphatic rings. The number of carboxylic acid groups (broad SMARTS) is 2. The number of fused-ring (bicyclic) bond motifs is 1. The first-order valence-corrected chi connectivity index (χ1v) is 14.4. The van der Waals surface area contributed by atoms with Gasteiger partial charge in [-0.25, -0.2) is 14.5 Å². The van der Waals surface area contributed by atoms with Crippen molar-refractivity contribution in [1.82, 2.24) is 35.4 Å². The van der Waals surface area contributed by atoms with Gasteiger partial charge in [0.2, 0.25) is 11.6 Å². The minimum Gasteiger partial charge on any atom is -0.481 e. The maximum absolute atomic E-state index is 13.1. The molecule has 41 heavy (non-hydrogen) atoms. The Balaban J connectivity index is 1.47. The molecule has 17 nitrogen and oxygen atoms in total. The van der Waals surface area contributed by atoms with Crippen LogP contribution in [0.15, 0.2) is 39.6 Å². The van der Waals surface area contributed by atoms with Crippen molar-refractivity contribution in [3.63, 3.8) is 0 Å². The smallest absolute Gasteiger partial charge is 0.352 e. The number of aliphatic carboxylic acids is 2. The SMILES string of the molecule is C=CCON=C(C(=O)NC1C(=O)N2C(C(=O)O)=C(CSc3nnnn3CCC(=O)O)CS[C@H]12)c1csc(NC=O)n1. The van der Waals surface area contributed by atoms with E-state index in [1.807, 2.05) is 0 Å². The summed E-state index contributed by atoms with van der Waals surface area (Å²) in [5, 5.41) is 40.0. The van der Waals surface area contributed by atoms with Crippen LogP contribution in [0.4, 0.5) is 5.13 Å². The van der Waals surface area contributed by atoms with E-state index in [0.29, 0.717) is 17.1 Å². The highest BCUT2D eigenvalue weighted by Crippen LogP contribution is 2.41. The molecule has 3 amide bonds. The van der Waals surface area contributed by atoms with Crippen molar-refractivity contribution in [2.24, 2.45) is 5.16 Å². The zero-order valence-corrected chi connectivity index (χ0v) is 23.3. The van der Waals surface area contributed by atoms with E-state index in [1.54, 1.807) is 0 Å². The number of aryl methyl sites for hydroxylation is 1. The molecule has 0 saturated carbocycles. The van der Waals surface area contributed by atoms with E-state index < -0.39 is 35.2 Å². The molecule has 0 bridgehead atoms. The Hall–Kier alpha value is -4.30. The molecule has 0 radical (unpaired) electrons. The Morgan fingerprint density at radius 2 is 2.15 bits per heavy atom. The minimum absolute atomic E-state index is 0.00550. The molecule has 0 aliphatic carbocycles. The number of thiazole rings is 1. The summed E-state index contributed by atoms with van der Waals surface area (Å²) in [5.41, 5.74) is 0.0822. The highest BCUT2D eigenvalue weighted by atomic mass is 32.2. The lowest BCUT2D eigenvalue weighted by Crippen LogP contribution is -2.71. The number of β-lactam (4-membered cyclic amide) rings is 1. The van der Waals surface area contributed by atoms with Crippen LogP contribution in [0.3, 0.4) is 0 Å². The zero-order chi connectivity index (χ0) is 29.5. The molecule has 4 heterocycles. The zero-order valence-electron chi connectivity index (χ0n) is 20.8. The van der Waals surface area contributed by atoms with Gasteiger partial charge in [0.25, 0.3) is 11.8 Å². The molecule has 0 aromatic carbocycles. The van der Waals surface area contributed by atoms with Gasteiger partial charge in [0.05, 0.1) is 13.0 Å². The second-order valence-corrected chi connectivity index (χ2v) is 11.0. The topological polar surface area (TPSA) is 231 Å². The molecule has 0 spiro atoms. The van der Waals surface area contributed by atoms with Gasteiger partial charge in [0, 0.05) is 16.9 Å². The summed E-state index contributed by atoms with van der Waals surface area (Å²) in [7, 11) is 0. The van der Waals surface area contributed by atoms with Crippen LogP contribution in [-0.4, -0.2) is 106 Å². The highest BCUT2D eigenvalue weighted by Gasteiger charge is 2.54. The molecular formula is C21H21N9O8S3. The molecular weight excluding hydrogens is 602 g/mol. The Morgan fingerprint density at radius 3 is 2.85 bits per heavy atom. The number of nitrogens with zero attached hydrogens (tertiary/aromatic N) is 7. The molecule has 4 rings (SSSR count). The molecule has 1 fully saturated rings. The van der Waals surface area contributed by atoms with Crippen LogP contribution in [0.25, 0.3) is 0 Å². The number of carbonyl (C=O) groups excluding carboxylic acids is 3. The van der Waals surface area contributed by atoms with Crippen molar-refractivity contribution in [2.45, 2.75) is 29.5 Å². The number of aromatic nitrogens is 5. The third-order valence-electron chi connectivity index (χ3n) is 5.44. The number of amides is 3. The van der Waals surface area contributed by atoms with Crippen LogP contribution < -0.4 is 10.6 Å². The van der Waals surface area contributed by atoms with Crippen molar-refractivity contribution >= 4 is 75.9 Å². The number of hydrogen-bond donors (Lipinski definition) is 4. The predicted molar refractivity (Wildman–Crippen MR) is 145 cm³/mol. The van der Waals surface area contributed by atoms with Gasteiger partial charge in [0.15, 0.2) is 10.8 Å². The lowest BCUT2D eigenvalue weighted by atomic mass is 10.0. The molecule has 1 saturated heterocycles. The Labute approximate surface area is 243 Å². The van der Waals surface area contributed by atoms with E-state index >= 15 is 0 Å². The van der Waals surface area contributed by atoms with Crippen molar-refractivity contribution in [3.8, 4) is 0 Å². The summed E-state index contributed by atoms with van der Waals surface area (Å²) in [6.45, 7) is 3.54. The van der Waals surface area contributed by atoms with Gasteiger partial charge in [-0.2, -0.15) is 0 Å². The van der Waals surface area contributed by atoms with E-state index in [1.165, 1.54) is 27.9 Å². The molecule has 2 aliphatic heterocycles. The van der Waals surface area contributed by atoms with Crippen molar-refractivity contribution in [3.05, 3.63) is 35.0 Å². The average molecular weight is 624 g/mol. The van der Waals surface area contributed by atoms with Crippen LogP contribution in [-0.2, 0) is 35.4 Å². The summed E-state index contributed by atoms with van der Waals surface area (Å²) >= 11 is 3.42. The number of anilines is 1. The van der Waals surface area contributed by atoms with Crippen LogP contribution >= 0.6 is 34.9 Å². The van der Waals surface area contributed by atoms with Crippen molar-refractivity contribution in [1.29, 1.82) is 0 Å².